The number of ether oxygens (including phenoxy) is 1. The van der Waals surface area contributed by atoms with Crippen LogP contribution in [0.3, 0.4) is 0 Å². The summed E-state index contributed by atoms with van der Waals surface area (Å²) < 4.78 is 5.14. The summed E-state index contributed by atoms with van der Waals surface area (Å²) in [5.41, 5.74) is 1.31. The van der Waals surface area contributed by atoms with Crippen LogP contribution in [-0.2, 0) is 6.54 Å². The zero-order chi connectivity index (χ0) is 12.7. The summed E-state index contributed by atoms with van der Waals surface area (Å²) >= 11 is 6.06. The van der Waals surface area contributed by atoms with Gasteiger partial charge in [-0.2, -0.15) is 0 Å². The Morgan fingerprint density at radius 2 is 1.76 bits per heavy atom. The second-order valence-electron chi connectivity index (χ2n) is 4.32. The van der Waals surface area contributed by atoms with Crippen LogP contribution >= 0.6 is 11.6 Å². The van der Waals surface area contributed by atoms with Crippen molar-refractivity contribution in [2.24, 2.45) is 0 Å². The monoisotopic (exact) mass is 255 g/mol. The van der Waals surface area contributed by atoms with E-state index in [1.807, 2.05) is 12.1 Å². The van der Waals surface area contributed by atoms with E-state index < -0.39 is 0 Å². The molecule has 0 bridgehead atoms. The fourth-order valence-electron chi connectivity index (χ4n) is 1.77. The number of rotatable bonds is 7. The number of alkyl halides is 1. The Hall–Kier alpha value is -0.730. The van der Waals surface area contributed by atoms with Crippen LogP contribution in [0.1, 0.15) is 32.3 Å². The molecule has 0 aliphatic carbocycles. The van der Waals surface area contributed by atoms with Crippen molar-refractivity contribution in [2.45, 2.75) is 38.8 Å². The van der Waals surface area contributed by atoms with E-state index in [0.29, 0.717) is 5.88 Å². The van der Waals surface area contributed by atoms with Gasteiger partial charge in [-0.25, -0.2) is 0 Å². The van der Waals surface area contributed by atoms with Gasteiger partial charge in [0.05, 0.1) is 7.11 Å². The van der Waals surface area contributed by atoms with Gasteiger partial charge in [-0.3, -0.25) is 0 Å². The second-order valence-corrected chi connectivity index (χ2v) is 4.59. The molecule has 0 fully saturated rings. The van der Waals surface area contributed by atoms with Crippen molar-refractivity contribution in [1.82, 2.24) is 5.32 Å². The number of halogens is 1. The maximum atomic E-state index is 6.06. The first-order valence-corrected chi connectivity index (χ1v) is 6.67. The van der Waals surface area contributed by atoms with Gasteiger partial charge >= 0.3 is 0 Å². The van der Waals surface area contributed by atoms with Gasteiger partial charge < -0.3 is 10.1 Å². The minimum atomic E-state index is 0.0570. The number of methoxy groups -OCH3 is 1. The van der Waals surface area contributed by atoms with Crippen molar-refractivity contribution in [1.29, 1.82) is 0 Å². The zero-order valence-electron chi connectivity index (χ0n) is 10.9. The van der Waals surface area contributed by atoms with Crippen molar-refractivity contribution >= 4 is 11.6 Å². The fraction of sp³-hybridized carbons (Fsp3) is 0.571. The number of hydrogen-bond donors (Lipinski definition) is 1. The Labute approximate surface area is 109 Å². The molecule has 0 amide bonds. The van der Waals surface area contributed by atoms with Gasteiger partial charge in [-0.15, -0.1) is 11.6 Å². The molecule has 0 unspecified atom stereocenters. The highest BCUT2D eigenvalue weighted by Crippen LogP contribution is 2.18. The lowest BCUT2D eigenvalue weighted by molar-refractivity contribution is 0.334. The van der Waals surface area contributed by atoms with E-state index in [9.17, 15) is 0 Å². The average molecular weight is 256 g/mol. The van der Waals surface area contributed by atoms with E-state index in [2.05, 4.69) is 31.3 Å². The van der Waals surface area contributed by atoms with Crippen LogP contribution in [0.2, 0.25) is 0 Å². The summed E-state index contributed by atoms with van der Waals surface area (Å²) in [6.45, 7) is 5.19. The molecule has 0 radical (unpaired) electrons. The first kappa shape index (κ1) is 14.3. The zero-order valence-corrected chi connectivity index (χ0v) is 11.7. The topological polar surface area (TPSA) is 21.3 Å². The summed E-state index contributed by atoms with van der Waals surface area (Å²) in [4.78, 5) is 0. The van der Waals surface area contributed by atoms with Crippen molar-refractivity contribution < 1.29 is 4.74 Å². The van der Waals surface area contributed by atoms with Gasteiger partial charge in [0.2, 0.25) is 0 Å². The highest BCUT2D eigenvalue weighted by molar-refractivity contribution is 6.18. The van der Waals surface area contributed by atoms with Crippen LogP contribution in [0.25, 0.3) is 0 Å². The molecule has 17 heavy (non-hydrogen) atoms. The third-order valence-corrected chi connectivity index (χ3v) is 3.95. The van der Waals surface area contributed by atoms with Crippen molar-refractivity contribution in [3.8, 4) is 5.75 Å². The largest absolute Gasteiger partial charge is 0.497 e. The molecule has 0 spiro atoms. The third kappa shape index (κ3) is 3.90. The summed E-state index contributed by atoms with van der Waals surface area (Å²) in [6, 6.07) is 8.13. The maximum absolute atomic E-state index is 6.06. The van der Waals surface area contributed by atoms with Gasteiger partial charge in [0.15, 0.2) is 0 Å². The highest BCUT2D eigenvalue weighted by atomic mass is 35.5. The van der Waals surface area contributed by atoms with E-state index in [0.717, 1.165) is 25.1 Å². The number of benzene rings is 1. The van der Waals surface area contributed by atoms with Gasteiger partial charge in [-0.1, -0.05) is 26.0 Å². The molecule has 0 heterocycles. The number of nitrogens with one attached hydrogen (secondary N) is 1. The molecule has 96 valence electrons. The third-order valence-electron chi connectivity index (χ3n) is 3.44. The molecule has 1 N–H and O–H groups in total. The van der Waals surface area contributed by atoms with E-state index in [-0.39, 0.29) is 5.54 Å². The highest BCUT2D eigenvalue weighted by Gasteiger charge is 2.23. The lowest BCUT2D eigenvalue weighted by atomic mass is 9.95. The molecule has 0 aliphatic heterocycles. The standard InChI is InChI=1S/C14H22ClNO/c1-4-14(5-2,11-15)16-10-12-6-8-13(17-3)9-7-12/h6-9,16H,4-5,10-11H2,1-3H3. The van der Waals surface area contributed by atoms with Crippen LogP contribution in [0.15, 0.2) is 24.3 Å². The molecule has 2 nitrogen and oxygen atoms in total. The summed E-state index contributed by atoms with van der Waals surface area (Å²) in [7, 11) is 1.68. The average Bonchev–Trinajstić information content (AvgIpc) is 2.41. The molecule has 1 aromatic carbocycles. The van der Waals surface area contributed by atoms with Gasteiger partial charge in [0.25, 0.3) is 0 Å². The molecule has 0 saturated heterocycles. The van der Waals surface area contributed by atoms with Gasteiger partial charge in [0, 0.05) is 18.0 Å². The van der Waals surface area contributed by atoms with E-state index in [1.54, 1.807) is 7.11 Å². The van der Waals surface area contributed by atoms with Crippen LogP contribution < -0.4 is 10.1 Å². The Kier molecular flexibility index (Phi) is 5.79. The summed E-state index contributed by atoms with van der Waals surface area (Å²) in [6.07, 6.45) is 2.09. The van der Waals surface area contributed by atoms with Gasteiger partial charge in [0.1, 0.15) is 5.75 Å². The predicted octanol–water partition coefficient (Wildman–Crippen LogP) is 3.58. The summed E-state index contributed by atoms with van der Waals surface area (Å²) in [5, 5.41) is 3.56. The molecule has 0 aromatic heterocycles. The predicted molar refractivity (Wildman–Crippen MR) is 73.9 cm³/mol. The van der Waals surface area contributed by atoms with Crippen LogP contribution in [-0.4, -0.2) is 18.5 Å². The first-order valence-electron chi connectivity index (χ1n) is 6.13. The molecular formula is C14H22ClNO. The Bertz CT molecular complexity index is 311. The molecule has 0 atom stereocenters. The number of hydrogen-bond acceptors (Lipinski definition) is 2. The smallest absolute Gasteiger partial charge is 0.118 e. The molecule has 3 heteroatoms. The minimum Gasteiger partial charge on any atom is -0.497 e. The molecular weight excluding hydrogens is 234 g/mol. The Balaban J connectivity index is 2.59. The molecule has 0 aliphatic rings. The van der Waals surface area contributed by atoms with E-state index in [4.69, 9.17) is 16.3 Å². The lowest BCUT2D eigenvalue weighted by Crippen LogP contribution is -2.45. The molecule has 0 saturated carbocycles. The molecule has 1 aromatic rings. The van der Waals surface area contributed by atoms with Crippen molar-refractivity contribution in [3.63, 3.8) is 0 Å². The van der Waals surface area contributed by atoms with Crippen LogP contribution in [0, 0.1) is 0 Å². The summed E-state index contributed by atoms with van der Waals surface area (Å²) in [5.74, 6) is 1.54. The Morgan fingerprint density at radius 1 is 1.18 bits per heavy atom. The normalized spacial score (nSPS) is 11.5. The fourth-order valence-corrected chi connectivity index (χ4v) is 2.24. The quantitative estimate of drug-likeness (QED) is 0.752. The lowest BCUT2D eigenvalue weighted by Gasteiger charge is -2.31. The maximum Gasteiger partial charge on any atom is 0.118 e. The van der Waals surface area contributed by atoms with E-state index in [1.165, 1.54) is 5.56 Å². The minimum absolute atomic E-state index is 0.0570. The van der Waals surface area contributed by atoms with Crippen LogP contribution in [0.4, 0.5) is 0 Å². The molecule has 1 rings (SSSR count). The Morgan fingerprint density at radius 3 is 2.18 bits per heavy atom. The van der Waals surface area contributed by atoms with Crippen LogP contribution in [0.5, 0.6) is 5.75 Å². The second kappa shape index (κ2) is 6.87. The van der Waals surface area contributed by atoms with E-state index >= 15 is 0 Å². The van der Waals surface area contributed by atoms with Gasteiger partial charge in [-0.05, 0) is 30.5 Å². The first-order chi connectivity index (χ1) is 8.19. The van der Waals surface area contributed by atoms with Crippen molar-refractivity contribution in [2.75, 3.05) is 13.0 Å². The SMILES string of the molecule is CCC(CC)(CCl)NCc1ccc(OC)cc1. The van der Waals surface area contributed by atoms with Crippen molar-refractivity contribution in [3.05, 3.63) is 29.8 Å².